The lowest BCUT2D eigenvalue weighted by Gasteiger charge is -2.30. The lowest BCUT2D eigenvalue weighted by molar-refractivity contribution is -0.141. The third-order valence-corrected chi connectivity index (χ3v) is 2.51. The first-order valence-electron chi connectivity index (χ1n) is 5.63. The highest BCUT2D eigenvalue weighted by molar-refractivity contribution is 5.81. The van der Waals surface area contributed by atoms with Gasteiger partial charge in [-0.1, -0.05) is 0 Å². The molecule has 0 bridgehead atoms. The molecular weight excluding hydrogens is 240 g/mol. The molecule has 7 nitrogen and oxygen atoms in total. The van der Waals surface area contributed by atoms with Crippen molar-refractivity contribution in [2.24, 2.45) is 0 Å². The molecule has 0 aromatic rings. The van der Waals surface area contributed by atoms with Crippen molar-refractivity contribution in [3.05, 3.63) is 0 Å². The van der Waals surface area contributed by atoms with Crippen molar-refractivity contribution >= 4 is 18.0 Å². The van der Waals surface area contributed by atoms with Gasteiger partial charge in [-0.05, 0) is 13.8 Å². The standard InChI is InChI=1S/C11H20N2O5/c1-5-13(8(2)6-9(14)15)11(17)12(3)7-10(16)18-4/h8H,5-7H2,1-4H3,(H,14,15). The first-order valence-corrected chi connectivity index (χ1v) is 5.63. The Morgan fingerprint density at radius 1 is 1.33 bits per heavy atom. The Morgan fingerprint density at radius 3 is 2.28 bits per heavy atom. The Bertz CT molecular complexity index is 319. The predicted molar refractivity (Wildman–Crippen MR) is 64.1 cm³/mol. The molecule has 0 radical (unpaired) electrons. The first kappa shape index (κ1) is 16.2. The molecule has 2 amide bonds. The number of urea groups is 1. The molecule has 0 aromatic carbocycles. The van der Waals surface area contributed by atoms with Gasteiger partial charge < -0.3 is 19.6 Å². The number of hydrogen-bond acceptors (Lipinski definition) is 4. The quantitative estimate of drug-likeness (QED) is 0.698. The van der Waals surface area contributed by atoms with E-state index in [4.69, 9.17) is 5.11 Å². The number of esters is 1. The van der Waals surface area contributed by atoms with Crippen molar-refractivity contribution in [1.29, 1.82) is 0 Å². The molecule has 0 aromatic heterocycles. The summed E-state index contributed by atoms with van der Waals surface area (Å²) in [7, 11) is 2.71. The molecular formula is C11H20N2O5. The fraction of sp³-hybridized carbons (Fsp3) is 0.727. The molecule has 0 fully saturated rings. The zero-order valence-corrected chi connectivity index (χ0v) is 11.2. The molecule has 1 unspecified atom stereocenters. The van der Waals surface area contributed by atoms with Crippen LogP contribution in [0.5, 0.6) is 0 Å². The molecule has 0 aliphatic carbocycles. The number of methoxy groups -OCH3 is 1. The summed E-state index contributed by atoms with van der Waals surface area (Å²) in [6.45, 7) is 3.62. The number of hydrogen-bond donors (Lipinski definition) is 1. The molecule has 0 aliphatic rings. The van der Waals surface area contributed by atoms with E-state index < -0.39 is 24.0 Å². The van der Waals surface area contributed by atoms with Gasteiger partial charge in [-0.3, -0.25) is 9.59 Å². The molecule has 104 valence electrons. The van der Waals surface area contributed by atoms with Crippen LogP contribution in [-0.2, 0) is 14.3 Å². The van der Waals surface area contributed by atoms with Crippen molar-refractivity contribution < 1.29 is 24.2 Å². The van der Waals surface area contributed by atoms with Crippen molar-refractivity contribution in [3.8, 4) is 0 Å². The topological polar surface area (TPSA) is 87.2 Å². The van der Waals surface area contributed by atoms with E-state index >= 15 is 0 Å². The van der Waals surface area contributed by atoms with E-state index in [9.17, 15) is 14.4 Å². The number of carbonyl (C=O) groups is 3. The zero-order chi connectivity index (χ0) is 14.3. The van der Waals surface area contributed by atoms with E-state index in [0.29, 0.717) is 6.54 Å². The van der Waals surface area contributed by atoms with Crippen LogP contribution < -0.4 is 0 Å². The molecule has 0 aliphatic heterocycles. The maximum absolute atomic E-state index is 12.0. The van der Waals surface area contributed by atoms with Crippen molar-refractivity contribution in [3.63, 3.8) is 0 Å². The number of carbonyl (C=O) groups excluding carboxylic acids is 2. The Morgan fingerprint density at radius 2 is 1.89 bits per heavy atom. The average molecular weight is 260 g/mol. The second-order valence-corrected chi connectivity index (χ2v) is 3.95. The zero-order valence-electron chi connectivity index (χ0n) is 11.2. The lowest BCUT2D eigenvalue weighted by Crippen LogP contribution is -2.47. The number of amides is 2. The van der Waals surface area contributed by atoms with E-state index in [1.165, 1.54) is 24.0 Å². The largest absolute Gasteiger partial charge is 0.481 e. The molecule has 18 heavy (non-hydrogen) atoms. The number of likely N-dealkylation sites (N-methyl/N-ethyl adjacent to an activating group) is 1. The van der Waals surface area contributed by atoms with Crippen LogP contribution in [0.25, 0.3) is 0 Å². The minimum absolute atomic E-state index is 0.133. The number of ether oxygens (including phenoxy) is 1. The Balaban J connectivity index is 4.59. The van der Waals surface area contributed by atoms with E-state index in [1.807, 2.05) is 0 Å². The fourth-order valence-electron chi connectivity index (χ4n) is 1.54. The van der Waals surface area contributed by atoms with Gasteiger partial charge in [-0.2, -0.15) is 0 Å². The van der Waals surface area contributed by atoms with Crippen LogP contribution in [0.3, 0.4) is 0 Å². The van der Waals surface area contributed by atoms with Crippen LogP contribution in [0, 0.1) is 0 Å². The van der Waals surface area contributed by atoms with Crippen molar-refractivity contribution in [1.82, 2.24) is 9.80 Å². The van der Waals surface area contributed by atoms with E-state index in [-0.39, 0.29) is 13.0 Å². The van der Waals surface area contributed by atoms with Gasteiger partial charge >= 0.3 is 18.0 Å². The highest BCUT2D eigenvalue weighted by atomic mass is 16.5. The predicted octanol–water partition coefficient (Wildman–Crippen LogP) is 0.396. The van der Waals surface area contributed by atoms with Crippen LogP contribution >= 0.6 is 0 Å². The summed E-state index contributed by atoms with van der Waals surface area (Å²) in [6.07, 6.45) is -0.133. The first-order chi connectivity index (χ1) is 8.33. The number of carboxylic acid groups (broad SMARTS) is 1. The van der Waals surface area contributed by atoms with Gasteiger partial charge in [-0.15, -0.1) is 0 Å². The molecule has 7 heteroatoms. The average Bonchev–Trinajstić information content (AvgIpc) is 2.28. The summed E-state index contributed by atoms with van der Waals surface area (Å²) < 4.78 is 4.46. The van der Waals surface area contributed by atoms with Gasteiger partial charge in [0.05, 0.1) is 13.5 Å². The third kappa shape index (κ3) is 5.03. The molecule has 1 atom stereocenters. The minimum Gasteiger partial charge on any atom is -0.481 e. The second-order valence-electron chi connectivity index (χ2n) is 3.95. The van der Waals surface area contributed by atoms with Crippen LogP contribution in [0.4, 0.5) is 4.79 Å². The van der Waals surface area contributed by atoms with Crippen LogP contribution in [-0.4, -0.2) is 66.2 Å². The van der Waals surface area contributed by atoms with Gasteiger partial charge in [0.2, 0.25) is 0 Å². The lowest BCUT2D eigenvalue weighted by atomic mass is 10.2. The number of carboxylic acids is 1. The Hall–Kier alpha value is -1.79. The maximum Gasteiger partial charge on any atom is 0.325 e. The number of nitrogens with zero attached hydrogens (tertiary/aromatic N) is 2. The van der Waals surface area contributed by atoms with Gasteiger partial charge in [0, 0.05) is 19.6 Å². The van der Waals surface area contributed by atoms with Crippen LogP contribution in [0.1, 0.15) is 20.3 Å². The van der Waals surface area contributed by atoms with Gasteiger partial charge in [0.1, 0.15) is 6.54 Å². The molecule has 0 heterocycles. The van der Waals surface area contributed by atoms with Crippen LogP contribution in [0.15, 0.2) is 0 Å². The Kier molecular flexibility index (Phi) is 6.77. The summed E-state index contributed by atoms with van der Waals surface area (Å²) in [4.78, 5) is 36.3. The van der Waals surface area contributed by atoms with E-state index in [1.54, 1.807) is 13.8 Å². The smallest absolute Gasteiger partial charge is 0.325 e. The molecule has 0 saturated heterocycles. The monoisotopic (exact) mass is 260 g/mol. The normalized spacial score (nSPS) is 11.6. The highest BCUT2D eigenvalue weighted by Gasteiger charge is 2.24. The summed E-state index contributed by atoms with van der Waals surface area (Å²) in [5.74, 6) is -1.49. The third-order valence-electron chi connectivity index (χ3n) is 2.51. The van der Waals surface area contributed by atoms with Crippen molar-refractivity contribution in [2.45, 2.75) is 26.3 Å². The van der Waals surface area contributed by atoms with Gasteiger partial charge in [0.15, 0.2) is 0 Å². The molecule has 1 N–H and O–H groups in total. The number of rotatable bonds is 6. The summed E-state index contributed by atoms with van der Waals surface area (Å²) in [5.41, 5.74) is 0. The second kappa shape index (κ2) is 7.52. The molecule has 0 saturated carbocycles. The van der Waals surface area contributed by atoms with Gasteiger partial charge in [0.25, 0.3) is 0 Å². The van der Waals surface area contributed by atoms with Crippen molar-refractivity contribution in [2.75, 3.05) is 27.2 Å². The maximum atomic E-state index is 12.0. The van der Waals surface area contributed by atoms with Gasteiger partial charge in [-0.25, -0.2) is 4.79 Å². The SMILES string of the molecule is CCN(C(=O)N(C)CC(=O)OC)C(C)CC(=O)O. The van der Waals surface area contributed by atoms with Crippen LogP contribution in [0.2, 0.25) is 0 Å². The highest BCUT2D eigenvalue weighted by Crippen LogP contribution is 2.07. The fourth-order valence-corrected chi connectivity index (χ4v) is 1.54. The summed E-state index contributed by atoms with van der Waals surface area (Å²) in [6, 6.07) is -0.822. The summed E-state index contributed by atoms with van der Waals surface area (Å²) >= 11 is 0. The van der Waals surface area contributed by atoms with E-state index in [0.717, 1.165) is 0 Å². The molecule has 0 spiro atoms. The Labute approximate surface area is 106 Å². The number of aliphatic carboxylic acids is 1. The minimum atomic E-state index is -0.968. The summed E-state index contributed by atoms with van der Waals surface area (Å²) in [5, 5.41) is 8.71. The molecule has 0 rings (SSSR count). The van der Waals surface area contributed by atoms with E-state index in [2.05, 4.69) is 4.74 Å².